The number of rotatable bonds is 6. The van der Waals surface area contributed by atoms with E-state index >= 15 is 0 Å². The maximum atomic E-state index is 12.7. The lowest BCUT2D eigenvalue weighted by atomic mass is 9.91. The van der Waals surface area contributed by atoms with Crippen molar-refractivity contribution in [2.75, 3.05) is 19.6 Å². The predicted octanol–water partition coefficient (Wildman–Crippen LogP) is 3.82. The molecule has 3 aliphatic rings. The molecule has 2 saturated heterocycles. The van der Waals surface area contributed by atoms with Gasteiger partial charge >= 0.3 is 0 Å². The quantitative estimate of drug-likeness (QED) is 0.696. The van der Waals surface area contributed by atoms with Gasteiger partial charge in [0.15, 0.2) is 0 Å². The van der Waals surface area contributed by atoms with Crippen LogP contribution in [0, 0.1) is 5.92 Å². The molecule has 0 radical (unpaired) electrons. The molecular formula is C19H34N2O. The summed E-state index contributed by atoms with van der Waals surface area (Å²) < 4.78 is 0. The van der Waals surface area contributed by atoms with Gasteiger partial charge in [0.25, 0.3) is 0 Å². The molecule has 3 fully saturated rings. The number of hydrogen-bond acceptors (Lipinski definition) is 2. The average Bonchev–Trinajstić information content (AvgIpc) is 3.35. The van der Waals surface area contributed by atoms with Crippen LogP contribution in [-0.2, 0) is 4.79 Å². The molecule has 0 aromatic rings. The molecule has 22 heavy (non-hydrogen) atoms. The molecule has 0 spiro atoms. The summed E-state index contributed by atoms with van der Waals surface area (Å²) in [5.74, 6) is 1.41. The smallest absolute Gasteiger partial charge is 0.222 e. The molecule has 0 unspecified atom stereocenters. The van der Waals surface area contributed by atoms with E-state index < -0.39 is 0 Å². The van der Waals surface area contributed by atoms with Crippen molar-refractivity contribution in [3.05, 3.63) is 0 Å². The highest BCUT2D eigenvalue weighted by molar-refractivity contribution is 5.76. The fraction of sp³-hybridized carbons (Fsp3) is 0.947. The van der Waals surface area contributed by atoms with Gasteiger partial charge in [-0.15, -0.1) is 0 Å². The van der Waals surface area contributed by atoms with Crippen molar-refractivity contribution in [2.24, 2.45) is 5.92 Å². The van der Waals surface area contributed by atoms with Gasteiger partial charge in [0.1, 0.15) is 0 Å². The normalized spacial score (nSPS) is 30.0. The largest absolute Gasteiger partial charge is 0.338 e. The second-order valence-electron chi connectivity index (χ2n) is 7.76. The molecule has 1 amide bonds. The Balaban J connectivity index is 1.62. The third-order valence-corrected chi connectivity index (χ3v) is 5.91. The number of piperidine rings is 1. The number of carbonyl (C=O) groups excluding carboxylic acids is 1. The summed E-state index contributed by atoms with van der Waals surface area (Å²) in [6.45, 7) is 5.81. The fourth-order valence-corrected chi connectivity index (χ4v) is 4.48. The van der Waals surface area contributed by atoms with Gasteiger partial charge in [0, 0.05) is 31.6 Å². The van der Waals surface area contributed by atoms with Gasteiger partial charge in [-0.2, -0.15) is 0 Å². The lowest BCUT2D eigenvalue weighted by Crippen LogP contribution is -2.56. The van der Waals surface area contributed by atoms with Crippen LogP contribution in [0.2, 0.25) is 0 Å². The molecule has 3 rings (SSSR count). The molecule has 126 valence electrons. The van der Waals surface area contributed by atoms with E-state index in [9.17, 15) is 4.79 Å². The van der Waals surface area contributed by atoms with Crippen LogP contribution in [0.25, 0.3) is 0 Å². The van der Waals surface area contributed by atoms with E-state index in [1.165, 1.54) is 70.9 Å². The summed E-state index contributed by atoms with van der Waals surface area (Å²) >= 11 is 0. The van der Waals surface area contributed by atoms with Gasteiger partial charge in [0.2, 0.25) is 5.91 Å². The van der Waals surface area contributed by atoms with Gasteiger partial charge in [-0.1, -0.05) is 26.2 Å². The van der Waals surface area contributed by atoms with E-state index in [2.05, 4.69) is 16.7 Å². The molecule has 3 heteroatoms. The van der Waals surface area contributed by atoms with Gasteiger partial charge in [-0.25, -0.2) is 0 Å². The van der Waals surface area contributed by atoms with E-state index in [-0.39, 0.29) is 0 Å². The number of fused-ring (bicyclic) bond motifs is 1. The molecule has 0 bridgehead atoms. The molecule has 2 atom stereocenters. The Morgan fingerprint density at radius 3 is 2.55 bits per heavy atom. The summed E-state index contributed by atoms with van der Waals surface area (Å²) in [5.41, 5.74) is 0. The van der Waals surface area contributed by atoms with Crippen molar-refractivity contribution < 1.29 is 4.79 Å². The molecule has 0 N–H and O–H groups in total. The average molecular weight is 306 g/mol. The lowest BCUT2D eigenvalue weighted by Gasteiger charge is -2.45. The molecule has 2 aliphatic heterocycles. The fourth-order valence-electron chi connectivity index (χ4n) is 4.48. The third kappa shape index (κ3) is 4.04. The molecule has 0 aromatic carbocycles. The minimum absolute atomic E-state index is 0.441. The number of hydrogen-bond donors (Lipinski definition) is 0. The first kappa shape index (κ1) is 16.3. The monoisotopic (exact) mass is 306 g/mol. The van der Waals surface area contributed by atoms with Crippen molar-refractivity contribution in [3.63, 3.8) is 0 Å². The summed E-state index contributed by atoms with van der Waals surface area (Å²) in [7, 11) is 0. The topological polar surface area (TPSA) is 23.6 Å². The first-order valence-corrected chi connectivity index (χ1v) is 9.83. The zero-order chi connectivity index (χ0) is 15.4. The Morgan fingerprint density at radius 2 is 1.77 bits per heavy atom. The van der Waals surface area contributed by atoms with Gasteiger partial charge in [-0.05, 0) is 57.4 Å². The molecule has 0 aromatic heterocycles. The number of likely N-dealkylation sites (tertiary alicyclic amines) is 2. The van der Waals surface area contributed by atoms with Crippen LogP contribution >= 0.6 is 0 Å². The molecule has 1 saturated carbocycles. The first-order chi connectivity index (χ1) is 10.8. The lowest BCUT2D eigenvalue weighted by molar-refractivity contribution is -0.137. The number of carbonyl (C=O) groups is 1. The van der Waals surface area contributed by atoms with Crippen LogP contribution in [-0.4, -0.2) is 47.4 Å². The van der Waals surface area contributed by atoms with Gasteiger partial charge < -0.3 is 4.90 Å². The van der Waals surface area contributed by atoms with Crippen molar-refractivity contribution in [1.82, 2.24) is 9.80 Å². The highest BCUT2D eigenvalue weighted by Crippen LogP contribution is 2.35. The van der Waals surface area contributed by atoms with E-state index in [1.54, 1.807) is 0 Å². The minimum Gasteiger partial charge on any atom is -0.338 e. The molecule has 1 aliphatic carbocycles. The van der Waals surface area contributed by atoms with E-state index in [4.69, 9.17) is 0 Å². The first-order valence-electron chi connectivity index (χ1n) is 9.83. The van der Waals surface area contributed by atoms with Crippen molar-refractivity contribution >= 4 is 5.91 Å². The Bertz CT molecular complexity index is 366. The minimum atomic E-state index is 0.441. The van der Waals surface area contributed by atoms with Crippen LogP contribution in [0.15, 0.2) is 0 Å². The van der Waals surface area contributed by atoms with Crippen molar-refractivity contribution in [2.45, 2.75) is 89.6 Å². The van der Waals surface area contributed by atoms with E-state index in [0.717, 1.165) is 25.3 Å². The van der Waals surface area contributed by atoms with Crippen LogP contribution in [0.5, 0.6) is 0 Å². The van der Waals surface area contributed by atoms with E-state index in [1.807, 2.05) is 0 Å². The predicted molar refractivity (Wildman–Crippen MR) is 90.8 cm³/mol. The second kappa shape index (κ2) is 7.81. The van der Waals surface area contributed by atoms with Gasteiger partial charge in [-0.3, -0.25) is 9.69 Å². The number of unbranched alkanes of at least 4 members (excludes halogenated alkanes) is 2. The van der Waals surface area contributed by atoms with Crippen LogP contribution in [0.1, 0.15) is 77.6 Å². The summed E-state index contributed by atoms with van der Waals surface area (Å²) in [6, 6.07) is 1.18. The summed E-state index contributed by atoms with van der Waals surface area (Å²) in [6.07, 6.45) is 13.5. The second-order valence-corrected chi connectivity index (χ2v) is 7.76. The SMILES string of the molecule is CCCCCC(=O)N1CCC[C@@H]2[C@H]1CCCCN2CC1CC1. The maximum absolute atomic E-state index is 12.7. The van der Waals surface area contributed by atoms with Crippen LogP contribution < -0.4 is 0 Å². The zero-order valence-electron chi connectivity index (χ0n) is 14.4. The Hall–Kier alpha value is -0.570. The summed E-state index contributed by atoms with van der Waals surface area (Å²) in [4.78, 5) is 17.7. The highest BCUT2D eigenvalue weighted by atomic mass is 16.2. The number of nitrogens with zero attached hydrogens (tertiary/aromatic N) is 2. The zero-order valence-corrected chi connectivity index (χ0v) is 14.4. The highest BCUT2D eigenvalue weighted by Gasteiger charge is 2.39. The summed E-state index contributed by atoms with van der Waals surface area (Å²) in [5, 5.41) is 0. The van der Waals surface area contributed by atoms with Gasteiger partial charge in [0.05, 0.1) is 0 Å². The van der Waals surface area contributed by atoms with Crippen LogP contribution in [0.4, 0.5) is 0 Å². The number of amides is 1. The maximum Gasteiger partial charge on any atom is 0.222 e. The Labute approximate surface area is 136 Å². The van der Waals surface area contributed by atoms with E-state index in [0.29, 0.717) is 18.0 Å². The Morgan fingerprint density at radius 1 is 0.955 bits per heavy atom. The third-order valence-electron chi connectivity index (χ3n) is 5.91. The molecular weight excluding hydrogens is 272 g/mol. The standard InChI is InChI=1S/C19H34N2O/c1-2-3-4-10-19(22)21-14-7-9-17-18(21)8-5-6-13-20(17)15-16-11-12-16/h16-18H,2-15H2,1H3/t17-,18-/m1/s1. The molecule has 2 heterocycles. The van der Waals surface area contributed by atoms with Crippen LogP contribution in [0.3, 0.4) is 0 Å². The van der Waals surface area contributed by atoms with Crippen molar-refractivity contribution in [3.8, 4) is 0 Å². The Kier molecular flexibility index (Phi) is 5.78. The van der Waals surface area contributed by atoms with Crippen molar-refractivity contribution in [1.29, 1.82) is 0 Å². The molecule has 3 nitrogen and oxygen atoms in total.